The lowest BCUT2D eigenvalue weighted by atomic mass is 9.69. The summed E-state index contributed by atoms with van der Waals surface area (Å²) < 4.78 is 0. The molecule has 1 rings (SSSR count). The predicted molar refractivity (Wildman–Crippen MR) is 62.6 cm³/mol. The maximum atomic E-state index is 9.99. The molecule has 2 unspecified atom stereocenters. The number of aliphatic hydroxyl groups is 2. The van der Waals surface area contributed by atoms with E-state index in [0.29, 0.717) is 0 Å². The molecular formula is C13H24O2. The van der Waals surface area contributed by atoms with E-state index in [4.69, 9.17) is 0 Å². The van der Waals surface area contributed by atoms with Gasteiger partial charge in [-0.05, 0) is 39.5 Å². The first kappa shape index (κ1) is 12.7. The van der Waals surface area contributed by atoms with E-state index >= 15 is 0 Å². The van der Waals surface area contributed by atoms with Crippen molar-refractivity contribution in [2.24, 2.45) is 5.41 Å². The first-order chi connectivity index (χ1) is 6.85. The van der Waals surface area contributed by atoms with Crippen LogP contribution < -0.4 is 0 Å². The Kier molecular flexibility index (Phi) is 3.96. The molecule has 0 aromatic carbocycles. The Morgan fingerprint density at radius 3 is 2.60 bits per heavy atom. The average Bonchev–Trinajstić information content (AvgIpc) is 2.11. The van der Waals surface area contributed by atoms with Crippen molar-refractivity contribution in [1.29, 1.82) is 0 Å². The van der Waals surface area contributed by atoms with Crippen LogP contribution in [0.3, 0.4) is 0 Å². The van der Waals surface area contributed by atoms with E-state index in [1.807, 2.05) is 6.92 Å². The molecule has 2 N–H and O–H groups in total. The Bertz CT molecular complexity index is 251. The minimum atomic E-state index is -0.250. The molecule has 0 aliphatic heterocycles. The van der Waals surface area contributed by atoms with Crippen LogP contribution in [-0.4, -0.2) is 22.4 Å². The highest BCUT2D eigenvalue weighted by Gasteiger charge is 2.35. The van der Waals surface area contributed by atoms with E-state index in [-0.39, 0.29) is 17.6 Å². The molecule has 0 aromatic heterocycles. The second-order valence-corrected chi connectivity index (χ2v) is 5.42. The molecule has 0 spiro atoms. The third-order valence-corrected chi connectivity index (χ3v) is 3.73. The van der Waals surface area contributed by atoms with Crippen molar-refractivity contribution in [3.8, 4) is 0 Å². The average molecular weight is 212 g/mol. The summed E-state index contributed by atoms with van der Waals surface area (Å²) in [5.74, 6) is 0. The predicted octanol–water partition coefficient (Wildman–Crippen LogP) is 2.64. The van der Waals surface area contributed by atoms with Crippen molar-refractivity contribution < 1.29 is 10.2 Å². The first-order valence-electron chi connectivity index (χ1n) is 5.91. The maximum Gasteiger partial charge on any atom is 0.0631 e. The zero-order valence-electron chi connectivity index (χ0n) is 10.4. The van der Waals surface area contributed by atoms with Gasteiger partial charge in [-0.1, -0.05) is 25.0 Å². The van der Waals surface area contributed by atoms with Crippen molar-refractivity contribution in [1.82, 2.24) is 0 Å². The summed E-state index contributed by atoms with van der Waals surface area (Å²) in [7, 11) is 0. The van der Waals surface area contributed by atoms with Crippen molar-refractivity contribution in [2.75, 3.05) is 0 Å². The number of hydrogen-bond acceptors (Lipinski definition) is 2. The molecule has 0 bridgehead atoms. The molecule has 2 heteroatoms. The Morgan fingerprint density at radius 2 is 2.07 bits per heavy atom. The molecule has 0 amide bonds. The van der Waals surface area contributed by atoms with Crippen molar-refractivity contribution >= 4 is 0 Å². The van der Waals surface area contributed by atoms with Crippen LogP contribution in [0.25, 0.3) is 0 Å². The van der Waals surface area contributed by atoms with Gasteiger partial charge in [0.2, 0.25) is 0 Å². The number of rotatable bonds is 3. The van der Waals surface area contributed by atoms with E-state index in [1.54, 1.807) is 0 Å². The summed E-state index contributed by atoms with van der Waals surface area (Å²) >= 11 is 0. The second-order valence-electron chi connectivity index (χ2n) is 5.42. The normalized spacial score (nSPS) is 28.0. The van der Waals surface area contributed by atoms with Gasteiger partial charge in [0.15, 0.2) is 0 Å². The van der Waals surface area contributed by atoms with E-state index in [0.717, 1.165) is 25.7 Å². The second kappa shape index (κ2) is 4.67. The smallest absolute Gasteiger partial charge is 0.0631 e. The summed E-state index contributed by atoms with van der Waals surface area (Å²) in [5, 5.41) is 19.3. The third kappa shape index (κ3) is 2.82. The van der Waals surface area contributed by atoms with Crippen LogP contribution in [0, 0.1) is 5.41 Å². The van der Waals surface area contributed by atoms with Gasteiger partial charge in [0, 0.05) is 5.41 Å². The Labute approximate surface area is 93.0 Å². The van der Waals surface area contributed by atoms with E-state index in [2.05, 4.69) is 20.8 Å². The van der Waals surface area contributed by atoms with Crippen LogP contribution in [0.4, 0.5) is 0 Å². The molecule has 2 atom stereocenters. The van der Waals surface area contributed by atoms with E-state index < -0.39 is 0 Å². The zero-order chi connectivity index (χ0) is 11.6. The molecule has 0 radical (unpaired) electrons. The summed E-state index contributed by atoms with van der Waals surface area (Å²) in [4.78, 5) is 0. The minimum absolute atomic E-state index is 0.114. The minimum Gasteiger partial charge on any atom is -0.393 e. The van der Waals surface area contributed by atoms with Gasteiger partial charge in [-0.3, -0.25) is 0 Å². The van der Waals surface area contributed by atoms with Crippen molar-refractivity contribution in [3.05, 3.63) is 11.1 Å². The Balaban J connectivity index is 2.80. The summed E-state index contributed by atoms with van der Waals surface area (Å²) in [6.07, 6.45) is 3.10. The molecule has 0 aromatic rings. The van der Waals surface area contributed by atoms with Gasteiger partial charge in [0.1, 0.15) is 0 Å². The fraction of sp³-hybridized carbons (Fsp3) is 0.846. The Morgan fingerprint density at radius 1 is 1.47 bits per heavy atom. The molecule has 15 heavy (non-hydrogen) atoms. The third-order valence-electron chi connectivity index (χ3n) is 3.73. The molecule has 0 heterocycles. The number of aliphatic hydroxyl groups excluding tert-OH is 2. The van der Waals surface area contributed by atoms with Gasteiger partial charge in [-0.25, -0.2) is 0 Å². The standard InChI is InChI=1S/C13H24O2/c1-9-5-8-12(15)13(3,4)11(9)7-6-10(2)14/h10,12,14-15H,5-8H2,1-4H3. The quantitative estimate of drug-likeness (QED) is 0.706. The topological polar surface area (TPSA) is 40.5 Å². The highest BCUT2D eigenvalue weighted by Crippen LogP contribution is 2.42. The van der Waals surface area contributed by atoms with Gasteiger partial charge in [-0.15, -0.1) is 0 Å². The molecule has 0 saturated heterocycles. The Hall–Kier alpha value is -0.340. The molecular weight excluding hydrogens is 188 g/mol. The molecule has 1 aliphatic carbocycles. The maximum absolute atomic E-state index is 9.99. The van der Waals surface area contributed by atoms with Crippen LogP contribution in [0.2, 0.25) is 0 Å². The SMILES string of the molecule is CC1=C(CCC(C)O)C(C)(C)C(O)CC1. The highest BCUT2D eigenvalue weighted by atomic mass is 16.3. The van der Waals surface area contributed by atoms with Gasteiger partial charge in [-0.2, -0.15) is 0 Å². The lowest BCUT2D eigenvalue weighted by Gasteiger charge is -2.39. The largest absolute Gasteiger partial charge is 0.393 e. The molecule has 0 fully saturated rings. The summed E-state index contributed by atoms with van der Waals surface area (Å²) in [6.45, 7) is 8.20. The van der Waals surface area contributed by atoms with Crippen molar-refractivity contribution in [2.45, 2.75) is 65.6 Å². The van der Waals surface area contributed by atoms with Crippen molar-refractivity contribution in [3.63, 3.8) is 0 Å². The van der Waals surface area contributed by atoms with E-state index in [1.165, 1.54) is 11.1 Å². The van der Waals surface area contributed by atoms with Gasteiger partial charge in [0.25, 0.3) is 0 Å². The summed E-state index contributed by atoms with van der Waals surface area (Å²) in [6, 6.07) is 0. The molecule has 2 nitrogen and oxygen atoms in total. The van der Waals surface area contributed by atoms with Crippen LogP contribution in [0.5, 0.6) is 0 Å². The molecule has 0 saturated carbocycles. The van der Waals surface area contributed by atoms with Crippen LogP contribution in [0.1, 0.15) is 53.4 Å². The number of allylic oxidation sites excluding steroid dienone is 1. The lowest BCUT2D eigenvalue weighted by Crippen LogP contribution is -2.35. The van der Waals surface area contributed by atoms with E-state index in [9.17, 15) is 10.2 Å². The van der Waals surface area contributed by atoms with Gasteiger partial charge < -0.3 is 10.2 Å². The van der Waals surface area contributed by atoms with Gasteiger partial charge in [0.05, 0.1) is 12.2 Å². The highest BCUT2D eigenvalue weighted by molar-refractivity contribution is 5.24. The van der Waals surface area contributed by atoms with Crippen LogP contribution >= 0.6 is 0 Å². The first-order valence-corrected chi connectivity index (χ1v) is 5.91. The van der Waals surface area contributed by atoms with Crippen LogP contribution in [0.15, 0.2) is 11.1 Å². The molecule has 1 aliphatic rings. The molecule has 88 valence electrons. The monoisotopic (exact) mass is 212 g/mol. The fourth-order valence-corrected chi connectivity index (χ4v) is 2.50. The lowest BCUT2D eigenvalue weighted by molar-refractivity contribution is 0.0541. The summed E-state index contributed by atoms with van der Waals surface area (Å²) in [5.41, 5.74) is 2.64. The number of hydrogen-bond donors (Lipinski definition) is 2. The zero-order valence-corrected chi connectivity index (χ0v) is 10.4. The van der Waals surface area contributed by atoms with Gasteiger partial charge >= 0.3 is 0 Å². The van der Waals surface area contributed by atoms with Crippen LogP contribution in [-0.2, 0) is 0 Å². The fourth-order valence-electron chi connectivity index (χ4n) is 2.50.